The van der Waals surface area contributed by atoms with Crippen LogP contribution >= 0.6 is 23.2 Å². The number of nitrogens with one attached hydrogen (secondary N) is 1. The molecule has 1 fully saturated rings. The second-order valence-corrected chi connectivity index (χ2v) is 5.86. The van der Waals surface area contributed by atoms with Gasteiger partial charge in [-0.3, -0.25) is 14.9 Å². The molecule has 0 atom stereocenters. The average Bonchev–Trinajstić information content (AvgIpc) is 2.55. The Hall–Kier alpha value is -2.63. The van der Waals surface area contributed by atoms with Crippen LogP contribution in [0.1, 0.15) is 5.56 Å². The molecule has 3 rings (SSSR count). The number of carbonyl (C=O) groups is 3. The Morgan fingerprint density at radius 2 is 1.38 bits per heavy atom. The summed E-state index contributed by atoms with van der Waals surface area (Å²) in [6.45, 7) is 0. The predicted octanol–water partition coefficient (Wildman–Crippen LogP) is 3.66. The van der Waals surface area contributed by atoms with Gasteiger partial charge in [0.25, 0.3) is 11.8 Å². The lowest BCUT2D eigenvalue weighted by atomic mass is 10.1. The van der Waals surface area contributed by atoms with Crippen LogP contribution in [0.15, 0.2) is 54.1 Å². The second-order valence-electron chi connectivity index (χ2n) is 4.99. The maximum absolute atomic E-state index is 12.6. The van der Waals surface area contributed by atoms with E-state index in [0.717, 1.165) is 4.90 Å². The van der Waals surface area contributed by atoms with Gasteiger partial charge in [-0.05, 0) is 48.0 Å². The zero-order chi connectivity index (χ0) is 17.3. The summed E-state index contributed by atoms with van der Waals surface area (Å²) in [5, 5.41) is 3.16. The Morgan fingerprint density at radius 1 is 0.833 bits per heavy atom. The van der Waals surface area contributed by atoms with E-state index in [-0.39, 0.29) is 5.57 Å². The summed E-state index contributed by atoms with van der Waals surface area (Å²) >= 11 is 11.6. The Balaban J connectivity index is 1.99. The van der Waals surface area contributed by atoms with E-state index in [1.54, 1.807) is 36.4 Å². The number of amides is 4. The van der Waals surface area contributed by atoms with Gasteiger partial charge in [0.15, 0.2) is 0 Å². The van der Waals surface area contributed by atoms with Crippen molar-refractivity contribution in [1.29, 1.82) is 0 Å². The van der Waals surface area contributed by atoms with Crippen molar-refractivity contribution in [1.82, 2.24) is 5.32 Å². The van der Waals surface area contributed by atoms with Gasteiger partial charge in [-0.2, -0.15) is 0 Å². The Morgan fingerprint density at radius 3 is 1.96 bits per heavy atom. The van der Waals surface area contributed by atoms with E-state index >= 15 is 0 Å². The largest absolute Gasteiger partial charge is 0.335 e. The van der Waals surface area contributed by atoms with Crippen molar-refractivity contribution in [3.63, 3.8) is 0 Å². The number of urea groups is 1. The molecule has 0 saturated carbocycles. The van der Waals surface area contributed by atoms with Crippen LogP contribution in [0, 0.1) is 0 Å². The average molecular weight is 361 g/mol. The normalized spacial score (nSPS) is 16.5. The van der Waals surface area contributed by atoms with E-state index in [9.17, 15) is 14.4 Å². The van der Waals surface area contributed by atoms with Gasteiger partial charge in [0, 0.05) is 10.0 Å². The van der Waals surface area contributed by atoms with Crippen LogP contribution < -0.4 is 10.2 Å². The number of anilines is 1. The van der Waals surface area contributed by atoms with Gasteiger partial charge >= 0.3 is 6.03 Å². The molecule has 0 bridgehead atoms. The molecule has 0 radical (unpaired) electrons. The van der Waals surface area contributed by atoms with Crippen LogP contribution in [-0.4, -0.2) is 17.8 Å². The quantitative estimate of drug-likeness (QED) is 0.656. The topological polar surface area (TPSA) is 66.5 Å². The van der Waals surface area contributed by atoms with Crippen molar-refractivity contribution < 1.29 is 14.4 Å². The molecule has 7 heteroatoms. The third-order valence-electron chi connectivity index (χ3n) is 3.37. The van der Waals surface area contributed by atoms with E-state index in [0.29, 0.717) is 21.3 Å². The third-order valence-corrected chi connectivity index (χ3v) is 3.87. The van der Waals surface area contributed by atoms with Gasteiger partial charge < -0.3 is 0 Å². The van der Waals surface area contributed by atoms with E-state index in [4.69, 9.17) is 23.2 Å². The monoisotopic (exact) mass is 360 g/mol. The summed E-state index contributed by atoms with van der Waals surface area (Å²) in [5.41, 5.74) is 0.784. The van der Waals surface area contributed by atoms with Crippen LogP contribution in [0.4, 0.5) is 10.5 Å². The summed E-state index contributed by atoms with van der Waals surface area (Å²) in [6, 6.07) is 12.0. The number of hydrogen-bond acceptors (Lipinski definition) is 3. The molecule has 1 aliphatic rings. The van der Waals surface area contributed by atoms with Crippen LogP contribution in [-0.2, 0) is 9.59 Å². The molecule has 5 nitrogen and oxygen atoms in total. The molecule has 0 aliphatic carbocycles. The Kier molecular flexibility index (Phi) is 4.38. The zero-order valence-electron chi connectivity index (χ0n) is 12.1. The van der Waals surface area contributed by atoms with Crippen LogP contribution in [0.25, 0.3) is 6.08 Å². The third kappa shape index (κ3) is 3.18. The molecule has 1 heterocycles. The number of benzene rings is 2. The minimum atomic E-state index is -0.805. The maximum atomic E-state index is 12.6. The minimum Gasteiger partial charge on any atom is -0.273 e. The highest BCUT2D eigenvalue weighted by Gasteiger charge is 2.36. The van der Waals surface area contributed by atoms with Crippen molar-refractivity contribution in [2.45, 2.75) is 0 Å². The lowest BCUT2D eigenvalue weighted by molar-refractivity contribution is -0.122. The minimum absolute atomic E-state index is 0.146. The van der Waals surface area contributed by atoms with Crippen LogP contribution in [0.5, 0.6) is 0 Å². The number of halogens is 2. The highest BCUT2D eigenvalue weighted by Crippen LogP contribution is 2.23. The maximum Gasteiger partial charge on any atom is 0.335 e. The summed E-state index contributed by atoms with van der Waals surface area (Å²) in [4.78, 5) is 37.6. The Labute approximate surface area is 147 Å². The molecule has 2 aromatic rings. The van der Waals surface area contributed by atoms with Gasteiger partial charge in [0.05, 0.1) is 5.69 Å². The van der Waals surface area contributed by atoms with Gasteiger partial charge in [-0.15, -0.1) is 0 Å². The molecular weight excluding hydrogens is 351 g/mol. The molecule has 1 saturated heterocycles. The molecule has 24 heavy (non-hydrogen) atoms. The molecule has 0 aromatic heterocycles. The van der Waals surface area contributed by atoms with Crippen molar-refractivity contribution >= 4 is 52.8 Å². The summed E-state index contributed by atoms with van der Waals surface area (Å²) in [5.74, 6) is -1.45. The van der Waals surface area contributed by atoms with E-state index in [2.05, 4.69) is 5.32 Å². The van der Waals surface area contributed by atoms with E-state index < -0.39 is 17.8 Å². The zero-order valence-corrected chi connectivity index (χ0v) is 13.6. The van der Waals surface area contributed by atoms with Gasteiger partial charge in [-0.1, -0.05) is 35.3 Å². The smallest absolute Gasteiger partial charge is 0.273 e. The lowest BCUT2D eigenvalue weighted by Crippen LogP contribution is -2.54. The standard InChI is InChI=1S/C17H10Cl2N2O3/c18-11-3-1-10(2-4-11)9-14-15(22)20-17(24)21(16(14)23)13-7-5-12(19)6-8-13/h1-9H,(H,20,22,24)/b14-9-. The van der Waals surface area contributed by atoms with Crippen molar-refractivity contribution in [3.05, 3.63) is 69.7 Å². The fourth-order valence-electron chi connectivity index (χ4n) is 2.21. The Bertz CT molecular complexity index is 858. The molecule has 4 amide bonds. The second kappa shape index (κ2) is 6.47. The number of carbonyl (C=O) groups excluding carboxylic acids is 3. The number of rotatable bonds is 2. The fourth-order valence-corrected chi connectivity index (χ4v) is 2.46. The summed E-state index contributed by atoms with van der Waals surface area (Å²) in [7, 11) is 0. The first kappa shape index (κ1) is 16.2. The predicted molar refractivity (Wildman–Crippen MR) is 91.9 cm³/mol. The van der Waals surface area contributed by atoms with Gasteiger partial charge in [0.1, 0.15) is 5.57 Å². The first-order valence-corrected chi connectivity index (χ1v) is 7.64. The van der Waals surface area contributed by atoms with Gasteiger partial charge in [0.2, 0.25) is 0 Å². The molecule has 0 unspecified atom stereocenters. The summed E-state index contributed by atoms with van der Waals surface area (Å²) in [6.07, 6.45) is 1.41. The number of barbiturate groups is 1. The van der Waals surface area contributed by atoms with E-state index in [1.165, 1.54) is 18.2 Å². The fraction of sp³-hybridized carbons (Fsp3) is 0. The first-order chi connectivity index (χ1) is 11.5. The lowest BCUT2D eigenvalue weighted by Gasteiger charge is -2.26. The molecule has 2 aromatic carbocycles. The van der Waals surface area contributed by atoms with Crippen LogP contribution in [0.3, 0.4) is 0 Å². The highest BCUT2D eigenvalue weighted by molar-refractivity contribution is 6.39. The van der Waals surface area contributed by atoms with Crippen molar-refractivity contribution in [2.75, 3.05) is 4.90 Å². The highest BCUT2D eigenvalue weighted by atomic mass is 35.5. The number of imide groups is 2. The van der Waals surface area contributed by atoms with Gasteiger partial charge in [-0.25, -0.2) is 9.69 Å². The SMILES string of the molecule is O=C1NC(=O)N(c2ccc(Cl)cc2)C(=O)/C1=C\c1ccc(Cl)cc1. The molecule has 1 N–H and O–H groups in total. The van der Waals surface area contributed by atoms with E-state index in [1.807, 2.05) is 0 Å². The molecule has 120 valence electrons. The summed E-state index contributed by atoms with van der Waals surface area (Å²) < 4.78 is 0. The van der Waals surface area contributed by atoms with Crippen LogP contribution in [0.2, 0.25) is 10.0 Å². The molecular formula is C17H10Cl2N2O3. The first-order valence-electron chi connectivity index (χ1n) is 6.88. The molecule has 0 spiro atoms. The molecule has 1 aliphatic heterocycles. The van der Waals surface area contributed by atoms with Crippen molar-refractivity contribution in [2.24, 2.45) is 0 Å². The van der Waals surface area contributed by atoms with Crippen molar-refractivity contribution in [3.8, 4) is 0 Å². The number of hydrogen-bond donors (Lipinski definition) is 1. The number of nitrogens with zero attached hydrogens (tertiary/aromatic N) is 1.